The van der Waals surface area contributed by atoms with Crippen LogP contribution in [-0.4, -0.2) is 12.6 Å². The highest BCUT2D eigenvalue weighted by Crippen LogP contribution is 2.44. The van der Waals surface area contributed by atoms with E-state index in [9.17, 15) is 9.59 Å². The van der Waals surface area contributed by atoms with Crippen LogP contribution in [0.1, 0.15) is 27.4 Å². The molecule has 2 aromatic carbocycles. The summed E-state index contributed by atoms with van der Waals surface area (Å²) in [5.41, 5.74) is 4.51. The van der Waals surface area contributed by atoms with Crippen molar-refractivity contribution in [2.24, 2.45) is 0 Å². The Morgan fingerprint density at radius 1 is 0.882 bits per heavy atom. The van der Waals surface area contributed by atoms with Gasteiger partial charge in [-0.25, -0.2) is 0 Å². The van der Waals surface area contributed by atoms with E-state index in [-0.39, 0.29) is 5.92 Å². The van der Waals surface area contributed by atoms with E-state index in [1.165, 1.54) is 0 Å². The highest BCUT2D eigenvalue weighted by atomic mass is 16.1. The second-order valence-electron chi connectivity index (χ2n) is 4.13. The summed E-state index contributed by atoms with van der Waals surface area (Å²) >= 11 is 0. The van der Waals surface area contributed by atoms with Gasteiger partial charge in [-0.15, -0.1) is 0 Å². The summed E-state index contributed by atoms with van der Waals surface area (Å²) in [6, 6.07) is 13.4. The number of carbonyl (C=O) groups excluding carboxylic acids is 2. The van der Waals surface area contributed by atoms with Crippen molar-refractivity contribution in [2.45, 2.75) is 5.92 Å². The Bertz CT molecular complexity index is 614. The summed E-state index contributed by atoms with van der Waals surface area (Å²) in [4.78, 5) is 22.3. The first-order valence-electron chi connectivity index (χ1n) is 5.49. The molecule has 1 atom stereocenters. The minimum Gasteiger partial charge on any atom is -0.302 e. The van der Waals surface area contributed by atoms with Crippen molar-refractivity contribution in [1.29, 1.82) is 0 Å². The smallest absolute Gasteiger partial charge is 0.150 e. The zero-order chi connectivity index (χ0) is 11.8. The standard InChI is InChI=1S/C15H10O2/c16-8-10-4-3-7-13-11-5-1-2-6-12(11)14(9-17)15(10)13/h1-9,14H. The van der Waals surface area contributed by atoms with E-state index in [1.54, 1.807) is 6.07 Å². The molecule has 2 aromatic rings. The van der Waals surface area contributed by atoms with Crippen LogP contribution in [0, 0.1) is 0 Å². The fourth-order valence-corrected chi connectivity index (χ4v) is 2.58. The van der Waals surface area contributed by atoms with E-state index in [2.05, 4.69) is 0 Å². The molecule has 2 nitrogen and oxygen atoms in total. The molecule has 0 amide bonds. The predicted octanol–water partition coefficient (Wildman–Crippen LogP) is 2.81. The average molecular weight is 222 g/mol. The molecule has 0 saturated heterocycles. The van der Waals surface area contributed by atoms with Gasteiger partial charge in [-0.1, -0.05) is 42.5 Å². The first kappa shape index (κ1) is 9.97. The summed E-state index contributed by atoms with van der Waals surface area (Å²) in [5.74, 6) is -0.303. The van der Waals surface area contributed by atoms with Gasteiger partial charge in [-0.3, -0.25) is 4.79 Å². The Morgan fingerprint density at radius 3 is 2.41 bits per heavy atom. The van der Waals surface area contributed by atoms with Gasteiger partial charge in [0.25, 0.3) is 0 Å². The zero-order valence-electron chi connectivity index (χ0n) is 9.09. The number of fused-ring (bicyclic) bond motifs is 3. The minimum atomic E-state index is -0.303. The van der Waals surface area contributed by atoms with Crippen molar-refractivity contribution < 1.29 is 9.59 Å². The molecule has 1 aliphatic carbocycles. The van der Waals surface area contributed by atoms with E-state index in [1.807, 2.05) is 36.4 Å². The van der Waals surface area contributed by atoms with Gasteiger partial charge in [0.15, 0.2) is 0 Å². The molecule has 0 radical (unpaired) electrons. The van der Waals surface area contributed by atoms with Gasteiger partial charge in [0.05, 0.1) is 5.92 Å². The van der Waals surface area contributed by atoms with E-state index >= 15 is 0 Å². The van der Waals surface area contributed by atoms with Crippen LogP contribution in [-0.2, 0) is 4.79 Å². The molecule has 3 rings (SSSR count). The van der Waals surface area contributed by atoms with Crippen LogP contribution in [0.3, 0.4) is 0 Å². The monoisotopic (exact) mass is 222 g/mol. The molecule has 0 fully saturated rings. The van der Waals surface area contributed by atoms with Crippen molar-refractivity contribution in [2.75, 3.05) is 0 Å². The Morgan fingerprint density at radius 2 is 1.65 bits per heavy atom. The minimum absolute atomic E-state index is 0.303. The van der Waals surface area contributed by atoms with Gasteiger partial charge in [0.2, 0.25) is 0 Å². The molecule has 0 aromatic heterocycles. The second kappa shape index (κ2) is 3.67. The second-order valence-corrected chi connectivity index (χ2v) is 4.13. The molecule has 0 N–H and O–H groups in total. The summed E-state index contributed by atoms with van der Waals surface area (Å²) in [6.45, 7) is 0. The quantitative estimate of drug-likeness (QED) is 0.732. The van der Waals surface area contributed by atoms with Crippen LogP contribution in [0.2, 0.25) is 0 Å². The molecule has 0 spiro atoms. The van der Waals surface area contributed by atoms with Crippen LogP contribution >= 0.6 is 0 Å². The van der Waals surface area contributed by atoms with Crippen LogP contribution < -0.4 is 0 Å². The molecule has 17 heavy (non-hydrogen) atoms. The number of aldehydes is 2. The van der Waals surface area contributed by atoms with E-state index < -0.39 is 0 Å². The van der Waals surface area contributed by atoms with Crippen molar-refractivity contribution in [3.05, 3.63) is 59.2 Å². The number of benzene rings is 2. The maximum atomic E-state index is 11.3. The van der Waals surface area contributed by atoms with Gasteiger partial charge >= 0.3 is 0 Å². The van der Waals surface area contributed by atoms with Crippen LogP contribution in [0.4, 0.5) is 0 Å². The highest BCUT2D eigenvalue weighted by molar-refractivity contribution is 5.94. The summed E-state index contributed by atoms with van der Waals surface area (Å²) in [5, 5.41) is 0. The first-order chi connectivity index (χ1) is 8.36. The topological polar surface area (TPSA) is 34.1 Å². The number of hydrogen-bond donors (Lipinski definition) is 0. The van der Waals surface area contributed by atoms with Crippen molar-refractivity contribution in [3.63, 3.8) is 0 Å². The van der Waals surface area contributed by atoms with Crippen molar-refractivity contribution >= 4 is 12.6 Å². The Balaban J connectivity index is 2.38. The zero-order valence-corrected chi connectivity index (χ0v) is 9.09. The van der Waals surface area contributed by atoms with Gasteiger partial charge < -0.3 is 4.79 Å². The van der Waals surface area contributed by atoms with Crippen LogP contribution in [0.15, 0.2) is 42.5 Å². The van der Waals surface area contributed by atoms with E-state index in [4.69, 9.17) is 0 Å². The molecule has 0 heterocycles. The van der Waals surface area contributed by atoms with Gasteiger partial charge in [0.1, 0.15) is 12.6 Å². The lowest BCUT2D eigenvalue weighted by Gasteiger charge is -2.06. The molecule has 82 valence electrons. The normalized spacial score (nSPS) is 16.1. The lowest BCUT2D eigenvalue weighted by Crippen LogP contribution is -2.01. The van der Waals surface area contributed by atoms with Crippen molar-refractivity contribution in [3.8, 4) is 11.1 Å². The predicted molar refractivity (Wildman–Crippen MR) is 65.2 cm³/mol. The Labute approximate surface area is 98.9 Å². The molecule has 1 aliphatic rings. The number of rotatable bonds is 2. The summed E-state index contributed by atoms with van der Waals surface area (Å²) in [6.07, 6.45) is 1.74. The third-order valence-electron chi connectivity index (χ3n) is 3.30. The third-order valence-corrected chi connectivity index (χ3v) is 3.30. The number of hydrogen-bond acceptors (Lipinski definition) is 2. The molecule has 0 aliphatic heterocycles. The van der Waals surface area contributed by atoms with Gasteiger partial charge in [-0.05, 0) is 22.3 Å². The maximum Gasteiger partial charge on any atom is 0.150 e. The van der Waals surface area contributed by atoms with Crippen LogP contribution in [0.5, 0.6) is 0 Å². The average Bonchev–Trinajstić information content (AvgIpc) is 2.72. The Kier molecular flexibility index (Phi) is 2.15. The number of carbonyl (C=O) groups is 2. The maximum absolute atomic E-state index is 11.3. The van der Waals surface area contributed by atoms with Gasteiger partial charge in [0, 0.05) is 5.56 Å². The molecule has 1 unspecified atom stereocenters. The Hall–Kier alpha value is -2.22. The van der Waals surface area contributed by atoms with Crippen LogP contribution in [0.25, 0.3) is 11.1 Å². The third kappa shape index (κ3) is 1.27. The molecule has 2 heteroatoms. The first-order valence-corrected chi connectivity index (χ1v) is 5.49. The van der Waals surface area contributed by atoms with E-state index in [0.717, 1.165) is 34.8 Å². The van der Waals surface area contributed by atoms with Crippen molar-refractivity contribution in [1.82, 2.24) is 0 Å². The highest BCUT2D eigenvalue weighted by Gasteiger charge is 2.29. The van der Waals surface area contributed by atoms with Gasteiger partial charge in [-0.2, -0.15) is 0 Å². The molecule has 0 saturated carbocycles. The van der Waals surface area contributed by atoms with E-state index in [0.29, 0.717) is 5.56 Å². The lowest BCUT2D eigenvalue weighted by atomic mass is 9.95. The fourth-order valence-electron chi connectivity index (χ4n) is 2.58. The SMILES string of the molecule is O=Cc1cccc2c1C(C=O)c1ccccc1-2. The largest absolute Gasteiger partial charge is 0.302 e. The fraction of sp³-hybridized carbons (Fsp3) is 0.0667. The summed E-state index contributed by atoms with van der Waals surface area (Å²) < 4.78 is 0. The molecular weight excluding hydrogens is 212 g/mol. The lowest BCUT2D eigenvalue weighted by molar-refractivity contribution is -0.108. The molecular formula is C15H10O2. The summed E-state index contributed by atoms with van der Waals surface area (Å²) in [7, 11) is 0. The molecule has 0 bridgehead atoms.